The zero-order valence-electron chi connectivity index (χ0n) is 17.0. The first-order valence-electron chi connectivity index (χ1n) is 9.36. The molecule has 0 radical (unpaired) electrons. The molecule has 0 bridgehead atoms. The average molecular weight is 388 g/mol. The Hall–Kier alpha value is -2.90. The van der Waals surface area contributed by atoms with E-state index < -0.39 is 0 Å². The van der Waals surface area contributed by atoms with Crippen LogP contribution in [0.25, 0.3) is 11.4 Å². The highest BCUT2D eigenvalue weighted by Crippen LogP contribution is 2.31. The van der Waals surface area contributed by atoms with Gasteiger partial charge in [-0.1, -0.05) is 13.8 Å². The number of rotatable bonds is 9. The van der Waals surface area contributed by atoms with Gasteiger partial charge in [-0.05, 0) is 38.0 Å². The molecule has 28 heavy (non-hydrogen) atoms. The third kappa shape index (κ3) is 6.07. The molecule has 0 aliphatic carbocycles. The van der Waals surface area contributed by atoms with Crippen LogP contribution in [0, 0.1) is 5.92 Å². The quantitative estimate of drug-likeness (QED) is 0.683. The molecular weight excluding hydrogens is 360 g/mol. The fraction of sp³-hybridized carbons (Fsp3) is 0.500. The van der Waals surface area contributed by atoms with Crippen molar-refractivity contribution in [2.75, 3.05) is 13.7 Å². The van der Waals surface area contributed by atoms with Gasteiger partial charge in [0.05, 0.1) is 13.7 Å². The highest BCUT2D eigenvalue weighted by molar-refractivity contribution is 5.76. The van der Waals surface area contributed by atoms with Gasteiger partial charge in [0.1, 0.15) is 5.69 Å². The van der Waals surface area contributed by atoms with Gasteiger partial charge in [0, 0.05) is 24.4 Å². The molecule has 1 heterocycles. The van der Waals surface area contributed by atoms with Crippen LogP contribution in [0.5, 0.6) is 11.5 Å². The van der Waals surface area contributed by atoms with Crippen LogP contribution in [-0.4, -0.2) is 40.8 Å². The van der Waals surface area contributed by atoms with E-state index in [1.54, 1.807) is 25.3 Å². The number of benzene rings is 1. The number of H-pyrrole nitrogens is 1. The Labute approximate surface area is 164 Å². The Morgan fingerprint density at radius 1 is 1.18 bits per heavy atom. The summed E-state index contributed by atoms with van der Waals surface area (Å²) >= 11 is 0. The maximum absolute atomic E-state index is 12.3. The predicted octanol–water partition coefficient (Wildman–Crippen LogP) is 2.33. The molecule has 0 saturated carbocycles. The monoisotopic (exact) mass is 388 g/mol. The van der Waals surface area contributed by atoms with E-state index in [4.69, 9.17) is 9.47 Å². The molecule has 0 aliphatic heterocycles. The van der Waals surface area contributed by atoms with Gasteiger partial charge in [0.15, 0.2) is 17.3 Å². The van der Waals surface area contributed by atoms with Crippen LogP contribution in [0.4, 0.5) is 0 Å². The summed E-state index contributed by atoms with van der Waals surface area (Å²) in [7, 11) is 1.56. The van der Waals surface area contributed by atoms with Crippen LogP contribution in [0.2, 0.25) is 0 Å². The maximum Gasteiger partial charge on any atom is 0.273 e. The van der Waals surface area contributed by atoms with Crippen molar-refractivity contribution in [3.63, 3.8) is 0 Å². The molecule has 2 N–H and O–H groups in total. The van der Waals surface area contributed by atoms with E-state index >= 15 is 0 Å². The number of aryl methyl sites for hydroxylation is 1. The van der Waals surface area contributed by atoms with Crippen molar-refractivity contribution in [1.29, 1.82) is 0 Å². The van der Waals surface area contributed by atoms with Crippen LogP contribution in [0.15, 0.2) is 23.0 Å². The topological polar surface area (TPSA) is 106 Å². The van der Waals surface area contributed by atoms with Crippen molar-refractivity contribution in [1.82, 2.24) is 20.5 Å². The number of ether oxygens (including phenoxy) is 2. The highest BCUT2D eigenvalue weighted by atomic mass is 16.5. The molecule has 0 saturated heterocycles. The molecule has 152 valence electrons. The van der Waals surface area contributed by atoms with E-state index in [0.717, 1.165) is 0 Å². The molecule has 0 aliphatic rings. The Morgan fingerprint density at radius 2 is 1.93 bits per heavy atom. The number of nitrogens with zero attached hydrogens (tertiary/aromatic N) is 2. The lowest BCUT2D eigenvalue weighted by atomic mass is 10.2. The minimum Gasteiger partial charge on any atom is -0.493 e. The summed E-state index contributed by atoms with van der Waals surface area (Å²) in [6.07, 6.45) is 0.414. The van der Waals surface area contributed by atoms with Crippen LogP contribution < -0.4 is 20.3 Å². The Kier molecular flexibility index (Phi) is 7.54. The molecule has 2 aromatic rings. The van der Waals surface area contributed by atoms with E-state index in [1.165, 1.54) is 0 Å². The van der Waals surface area contributed by atoms with Crippen LogP contribution in [-0.2, 0) is 11.2 Å². The van der Waals surface area contributed by atoms with Crippen LogP contribution in [0.1, 0.15) is 39.8 Å². The first kappa shape index (κ1) is 21.4. The third-order valence-corrected chi connectivity index (χ3v) is 3.81. The first-order valence-corrected chi connectivity index (χ1v) is 9.36. The molecular formula is C20H28N4O4. The highest BCUT2D eigenvalue weighted by Gasteiger charge is 2.12. The number of methoxy groups -OCH3 is 1. The molecule has 0 fully saturated rings. The summed E-state index contributed by atoms with van der Waals surface area (Å²) in [6, 6.07) is 5.36. The molecule has 1 amide bonds. The summed E-state index contributed by atoms with van der Waals surface area (Å²) < 4.78 is 11.1. The molecule has 8 heteroatoms. The lowest BCUT2D eigenvalue weighted by Gasteiger charge is -2.13. The smallest absolute Gasteiger partial charge is 0.273 e. The van der Waals surface area contributed by atoms with E-state index in [0.29, 0.717) is 35.4 Å². The van der Waals surface area contributed by atoms with Crippen molar-refractivity contribution in [3.05, 3.63) is 34.2 Å². The lowest BCUT2D eigenvalue weighted by Crippen LogP contribution is -2.31. The van der Waals surface area contributed by atoms with E-state index in [9.17, 15) is 9.59 Å². The van der Waals surface area contributed by atoms with Gasteiger partial charge in [-0.15, -0.1) is 10.2 Å². The van der Waals surface area contributed by atoms with E-state index in [-0.39, 0.29) is 36.0 Å². The van der Waals surface area contributed by atoms with Crippen LogP contribution in [0.3, 0.4) is 0 Å². The minimum atomic E-state index is -0.360. The van der Waals surface area contributed by atoms with Gasteiger partial charge in [-0.25, -0.2) is 0 Å². The van der Waals surface area contributed by atoms with Crippen molar-refractivity contribution in [2.45, 2.75) is 46.6 Å². The standard InChI is InChI=1S/C20H28N4O4/c1-12(2)11-28-16-8-6-14(10-17(16)27-5)19-22-20(26)15(23-24-19)7-9-18(25)21-13(3)4/h6,8,10,12-13H,7,9,11H2,1-5H3,(H,21,25)(H,22,24,26). The molecule has 1 aromatic heterocycles. The summed E-state index contributed by atoms with van der Waals surface area (Å²) in [4.78, 5) is 26.7. The van der Waals surface area contributed by atoms with Gasteiger partial charge in [0.2, 0.25) is 5.91 Å². The largest absolute Gasteiger partial charge is 0.493 e. The minimum absolute atomic E-state index is 0.0571. The first-order chi connectivity index (χ1) is 13.3. The Morgan fingerprint density at radius 3 is 2.54 bits per heavy atom. The molecule has 0 spiro atoms. The van der Waals surface area contributed by atoms with Crippen LogP contribution >= 0.6 is 0 Å². The Bertz CT molecular complexity index is 862. The second-order valence-corrected chi connectivity index (χ2v) is 7.24. The second-order valence-electron chi connectivity index (χ2n) is 7.24. The van der Waals surface area contributed by atoms with Gasteiger partial charge in [0.25, 0.3) is 5.56 Å². The van der Waals surface area contributed by atoms with Crippen molar-refractivity contribution in [3.8, 4) is 22.9 Å². The zero-order valence-corrected chi connectivity index (χ0v) is 17.0. The SMILES string of the molecule is COc1cc(-c2nnc(CCC(=O)NC(C)C)c(=O)[nH]2)ccc1OCC(C)C. The predicted molar refractivity (Wildman–Crippen MR) is 107 cm³/mol. The molecule has 0 unspecified atom stereocenters. The maximum atomic E-state index is 12.3. The summed E-state index contributed by atoms with van der Waals surface area (Å²) in [5.74, 6) is 1.77. The Balaban J connectivity index is 2.14. The van der Waals surface area contributed by atoms with Gasteiger partial charge < -0.3 is 19.8 Å². The number of hydrogen-bond acceptors (Lipinski definition) is 6. The second kappa shape index (κ2) is 9.87. The summed E-state index contributed by atoms with van der Waals surface area (Å²) in [5, 5.41) is 10.9. The average Bonchev–Trinajstić information content (AvgIpc) is 2.64. The molecule has 8 nitrogen and oxygen atoms in total. The van der Waals surface area contributed by atoms with Crippen molar-refractivity contribution in [2.24, 2.45) is 5.92 Å². The number of carbonyl (C=O) groups is 1. The summed E-state index contributed by atoms with van der Waals surface area (Å²) in [5.41, 5.74) is 0.524. The van der Waals surface area contributed by atoms with Gasteiger partial charge >= 0.3 is 0 Å². The molecule has 0 atom stereocenters. The summed E-state index contributed by atoms with van der Waals surface area (Å²) in [6.45, 7) is 8.47. The van der Waals surface area contributed by atoms with E-state index in [2.05, 4.69) is 34.3 Å². The fourth-order valence-corrected chi connectivity index (χ4v) is 2.47. The molecule has 2 rings (SSSR count). The molecule has 1 aromatic carbocycles. The normalized spacial score (nSPS) is 11.0. The fourth-order valence-electron chi connectivity index (χ4n) is 2.47. The number of carbonyl (C=O) groups excluding carboxylic acids is 1. The van der Waals surface area contributed by atoms with Crippen molar-refractivity contribution < 1.29 is 14.3 Å². The lowest BCUT2D eigenvalue weighted by molar-refractivity contribution is -0.121. The number of hydrogen-bond donors (Lipinski definition) is 2. The van der Waals surface area contributed by atoms with Crippen molar-refractivity contribution >= 4 is 5.91 Å². The zero-order chi connectivity index (χ0) is 20.7. The van der Waals surface area contributed by atoms with E-state index in [1.807, 2.05) is 13.8 Å². The number of nitrogens with one attached hydrogen (secondary N) is 2. The number of amides is 1. The van der Waals surface area contributed by atoms with Gasteiger partial charge in [-0.3, -0.25) is 9.59 Å². The van der Waals surface area contributed by atoms with Gasteiger partial charge in [-0.2, -0.15) is 0 Å². The number of aromatic nitrogens is 3. The third-order valence-electron chi connectivity index (χ3n) is 3.81. The number of aromatic amines is 1.